The molecule has 1 heterocycles. The van der Waals surface area contributed by atoms with Gasteiger partial charge in [0, 0.05) is 13.5 Å². The fraction of sp³-hybridized carbons (Fsp3) is 0.615. The van der Waals surface area contributed by atoms with Gasteiger partial charge in [0.15, 0.2) is 11.6 Å². The van der Waals surface area contributed by atoms with Crippen LogP contribution in [0.4, 0.5) is 0 Å². The summed E-state index contributed by atoms with van der Waals surface area (Å²) in [7, 11) is 1.93. The number of nitrogens with zero attached hydrogens (tertiary/aromatic N) is 2. The van der Waals surface area contributed by atoms with Gasteiger partial charge in [-0.2, -0.15) is 0 Å². The van der Waals surface area contributed by atoms with Crippen molar-refractivity contribution in [2.45, 2.75) is 96.8 Å². The van der Waals surface area contributed by atoms with E-state index < -0.39 is 0 Å². The molecule has 29 heavy (non-hydrogen) atoms. The predicted molar refractivity (Wildman–Crippen MR) is 124 cm³/mol. The molecular weight excluding hydrogens is 356 g/mol. The summed E-state index contributed by atoms with van der Waals surface area (Å²) in [6.45, 7) is 2.27. The number of Topliss-reactive ketones (excluding diaryl/α,β-unsaturated/α-hetero) is 1. The zero-order valence-corrected chi connectivity index (χ0v) is 18.7. The van der Waals surface area contributed by atoms with Crippen molar-refractivity contribution in [1.82, 2.24) is 9.55 Å². The number of allylic oxidation sites excluding steroid dienone is 2. The molecule has 160 valence electrons. The highest BCUT2D eigenvalue weighted by Crippen LogP contribution is 2.17. The van der Waals surface area contributed by atoms with Gasteiger partial charge < -0.3 is 4.57 Å². The number of rotatable bonds is 16. The largest absolute Gasteiger partial charge is 0.325 e. The van der Waals surface area contributed by atoms with Gasteiger partial charge in [-0.3, -0.25) is 4.79 Å². The van der Waals surface area contributed by atoms with E-state index in [0.717, 1.165) is 23.9 Å². The van der Waals surface area contributed by atoms with Gasteiger partial charge in [0.05, 0.1) is 11.0 Å². The van der Waals surface area contributed by atoms with E-state index in [4.69, 9.17) is 0 Å². The van der Waals surface area contributed by atoms with E-state index in [2.05, 4.69) is 24.1 Å². The summed E-state index contributed by atoms with van der Waals surface area (Å²) in [4.78, 5) is 17.0. The van der Waals surface area contributed by atoms with Crippen LogP contribution in [-0.4, -0.2) is 15.3 Å². The van der Waals surface area contributed by atoms with Crippen molar-refractivity contribution in [1.29, 1.82) is 0 Å². The van der Waals surface area contributed by atoms with E-state index in [0.29, 0.717) is 12.2 Å². The fourth-order valence-corrected chi connectivity index (χ4v) is 3.86. The molecule has 0 radical (unpaired) electrons. The maximum absolute atomic E-state index is 12.5. The summed E-state index contributed by atoms with van der Waals surface area (Å²) in [5, 5.41) is 0. The second kappa shape index (κ2) is 14.1. The van der Waals surface area contributed by atoms with E-state index in [9.17, 15) is 4.79 Å². The molecule has 0 bridgehead atoms. The number of hydrogen-bond acceptors (Lipinski definition) is 2. The smallest absolute Gasteiger partial charge is 0.198 e. The van der Waals surface area contributed by atoms with Gasteiger partial charge in [0.25, 0.3) is 0 Å². The molecule has 2 aromatic rings. The third kappa shape index (κ3) is 8.55. The molecule has 0 N–H and O–H groups in total. The maximum Gasteiger partial charge on any atom is 0.198 e. The van der Waals surface area contributed by atoms with Crippen molar-refractivity contribution in [2.24, 2.45) is 7.05 Å². The van der Waals surface area contributed by atoms with Crippen molar-refractivity contribution in [2.75, 3.05) is 0 Å². The monoisotopic (exact) mass is 396 g/mol. The Morgan fingerprint density at radius 1 is 0.862 bits per heavy atom. The quantitative estimate of drug-likeness (QED) is 0.165. The van der Waals surface area contributed by atoms with Gasteiger partial charge in [0.1, 0.15) is 0 Å². The Bertz CT molecular complexity index is 744. The summed E-state index contributed by atoms with van der Waals surface area (Å²) in [6.07, 6.45) is 21.9. The summed E-state index contributed by atoms with van der Waals surface area (Å²) in [5.41, 5.74) is 1.93. The summed E-state index contributed by atoms with van der Waals surface area (Å²) in [5.74, 6) is 0.767. The molecule has 0 saturated carbocycles. The van der Waals surface area contributed by atoms with Crippen LogP contribution in [0.2, 0.25) is 0 Å². The molecule has 0 aliphatic rings. The lowest BCUT2D eigenvalue weighted by atomic mass is 10.1. The highest BCUT2D eigenvalue weighted by molar-refractivity contribution is 5.96. The standard InChI is InChI=1S/C26H40N2O/c1-3-4-5-6-7-8-9-10-11-12-13-14-15-16-17-22-25(29)26-27-23-20-18-19-21-24(23)28(26)2/h10-11,18-21H,3-9,12-17,22H2,1-2H3. The zero-order valence-electron chi connectivity index (χ0n) is 18.7. The van der Waals surface area contributed by atoms with Crippen LogP contribution in [-0.2, 0) is 7.05 Å². The van der Waals surface area contributed by atoms with Crippen LogP contribution in [0.25, 0.3) is 11.0 Å². The number of para-hydroxylation sites is 2. The molecule has 3 nitrogen and oxygen atoms in total. The number of benzene rings is 1. The minimum atomic E-state index is 0.168. The predicted octanol–water partition coefficient (Wildman–Crippen LogP) is 7.79. The number of hydrogen-bond donors (Lipinski definition) is 0. The molecule has 0 fully saturated rings. The molecular formula is C26H40N2O. The van der Waals surface area contributed by atoms with Crippen molar-refractivity contribution >= 4 is 16.8 Å². The molecule has 1 aromatic heterocycles. The second-order valence-electron chi connectivity index (χ2n) is 8.24. The van der Waals surface area contributed by atoms with Crippen molar-refractivity contribution in [3.8, 4) is 0 Å². The normalized spacial score (nSPS) is 11.7. The summed E-state index contributed by atoms with van der Waals surface area (Å²) < 4.78 is 1.93. The topological polar surface area (TPSA) is 34.9 Å². The van der Waals surface area contributed by atoms with Crippen molar-refractivity contribution < 1.29 is 4.79 Å². The van der Waals surface area contributed by atoms with Crippen molar-refractivity contribution in [3.63, 3.8) is 0 Å². The van der Waals surface area contributed by atoms with Gasteiger partial charge in [-0.1, -0.05) is 82.6 Å². The Labute approximate surface area is 177 Å². The Morgan fingerprint density at radius 3 is 2.10 bits per heavy atom. The molecule has 0 unspecified atom stereocenters. The molecule has 0 aliphatic carbocycles. The van der Waals surface area contributed by atoms with E-state index in [1.807, 2.05) is 35.9 Å². The number of ketones is 1. The number of carbonyl (C=O) groups is 1. The Morgan fingerprint density at radius 2 is 1.45 bits per heavy atom. The fourth-order valence-electron chi connectivity index (χ4n) is 3.86. The lowest BCUT2D eigenvalue weighted by Gasteiger charge is -2.02. The highest BCUT2D eigenvalue weighted by atomic mass is 16.1. The van der Waals surface area contributed by atoms with Gasteiger partial charge >= 0.3 is 0 Å². The number of carbonyl (C=O) groups excluding carboxylic acids is 1. The molecule has 0 amide bonds. The first-order valence-corrected chi connectivity index (χ1v) is 11.8. The summed E-state index contributed by atoms with van der Waals surface area (Å²) >= 11 is 0. The van der Waals surface area contributed by atoms with E-state index >= 15 is 0 Å². The Kier molecular flexibility index (Phi) is 11.4. The average Bonchev–Trinajstić information content (AvgIpc) is 3.07. The van der Waals surface area contributed by atoms with Crippen LogP contribution >= 0.6 is 0 Å². The van der Waals surface area contributed by atoms with Gasteiger partial charge in [-0.05, 0) is 44.2 Å². The van der Waals surface area contributed by atoms with Crippen molar-refractivity contribution in [3.05, 3.63) is 42.2 Å². The van der Waals surface area contributed by atoms with Gasteiger partial charge in [-0.25, -0.2) is 4.98 Å². The van der Waals surface area contributed by atoms with Crippen LogP contribution in [0.1, 0.15) is 107 Å². The molecule has 0 aliphatic heterocycles. The highest BCUT2D eigenvalue weighted by Gasteiger charge is 2.14. The van der Waals surface area contributed by atoms with Gasteiger partial charge in [-0.15, -0.1) is 0 Å². The second-order valence-corrected chi connectivity index (χ2v) is 8.24. The van der Waals surface area contributed by atoms with E-state index in [-0.39, 0.29) is 5.78 Å². The Hall–Kier alpha value is -1.90. The number of aryl methyl sites for hydroxylation is 1. The first-order valence-electron chi connectivity index (χ1n) is 11.8. The summed E-state index contributed by atoms with van der Waals surface area (Å²) in [6, 6.07) is 7.94. The van der Waals surface area contributed by atoms with Gasteiger partial charge in [0.2, 0.25) is 0 Å². The number of unbranched alkanes of at least 4 members (excludes halogenated alkanes) is 11. The molecule has 2 rings (SSSR count). The van der Waals surface area contributed by atoms with Crippen LogP contribution in [0, 0.1) is 0 Å². The molecule has 3 heteroatoms. The minimum absolute atomic E-state index is 0.168. The first-order chi connectivity index (χ1) is 14.2. The van der Waals surface area contributed by atoms with Crippen LogP contribution < -0.4 is 0 Å². The van der Waals surface area contributed by atoms with Crippen LogP contribution in [0.3, 0.4) is 0 Å². The first kappa shape index (κ1) is 23.4. The lowest BCUT2D eigenvalue weighted by Crippen LogP contribution is -2.07. The number of aromatic nitrogens is 2. The average molecular weight is 397 g/mol. The Balaban J connectivity index is 1.47. The number of fused-ring (bicyclic) bond motifs is 1. The number of imidazole rings is 1. The lowest BCUT2D eigenvalue weighted by molar-refractivity contribution is 0.0966. The van der Waals surface area contributed by atoms with Crippen LogP contribution in [0.5, 0.6) is 0 Å². The third-order valence-corrected chi connectivity index (χ3v) is 5.70. The SMILES string of the molecule is CCCCCCCCC=CCCCCCCCC(=O)c1nc2ccccc2n1C. The molecule has 0 saturated heterocycles. The van der Waals surface area contributed by atoms with E-state index in [1.165, 1.54) is 70.6 Å². The molecule has 0 atom stereocenters. The third-order valence-electron chi connectivity index (χ3n) is 5.70. The molecule has 0 spiro atoms. The van der Waals surface area contributed by atoms with Crippen LogP contribution in [0.15, 0.2) is 36.4 Å². The maximum atomic E-state index is 12.5. The van der Waals surface area contributed by atoms with E-state index in [1.54, 1.807) is 0 Å². The zero-order chi connectivity index (χ0) is 20.7. The molecule has 1 aromatic carbocycles. The minimum Gasteiger partial charge on any atom is -0.325 e.